The van der Waals surface area contributed by atoms with Gasteiger partial charge in [0.25, 0.3) is 0 Å². The Morgan fingerprint density at radius 2 is 2.04 bits per heavy atom. The van der Waals surface area contributed by atoms with Crippen molar-refractivity contribution in [3.05, 3.63) is 34.3 Å². The highest BCUT2D eigenvalue weighted by Gasteiger charge is 2.11. The normalized spacial score (nSPS) is 13.5. The molecule has 3 rings (SSSR count). The summed E-state index contributed by atoms with van der Waals surface area (Å²) in [5, 5.41) is 7.60. The second-order valence-electron chi connectivity index (χ2n) is 5.61. The molecule has 0 amide bonds. The maximum atomic E-state index is 5.74. The highest BCUT2D eigenvalue weighted by molar-refractivity contribution is 14.0. The quantitative estimate of drug-likeness (QED) is 0.378. The number of halogens is 1. The smallest absolute Gasteiger partial charge is 0.196 e. The van der Waals surface area contributed by atoms with Crippen molar-refractivity contribution in [1.29, 1.82) is 0 Å². The summed E-state index contributed by atoms with van der Waals surface area (Å²) >= 11 is 1.71. The van der Waals surface area contributed by atoms with Crippen LogP contribution >= 0.6 is 35.3 Å². The molecule has 1 aliphatic rings. The van der Waals surface area contributed by atoms with Crippen LogP contribution in [0.3, 0.4) is 0 Å². The zero-order valence-electron chi connectivity index (χ0n) is 15.1. The number of guanidine groups is 1. The van der Waals surface area contributed by atoms with E-state index in [2.05, 4.69) is 27.5 Å². The van der Waals surface area contributed by atoms with E-state index in [0.29, 0.717) is 19.8 Å². The lowest BCUT2D eigenvalue weighted by Gasteiger charge is -2.13. The second-order valence-corrected chi connectivity index (χ2v) is 6.81. The maximum Gasteiger partial charge on any atom is 0.196 e. The monoisotopic (exact) mass is 488 g/mol. The highest BCUT2D eigenvalue weighted by Crippen LogP contribution is 2.32. The topological polar surface area (TPSA) is 67.8 Å². The van der Waals surface area contributed by atoms with Gasteiger partial charge in [-0.15, -0.1) is 35.3 Å². The number of hydrogen-bond donors (Lipinski definition) is 2. The summed E-state index contributed by atoms with van der Waals surface area (Å²) in [5.41, 5.74) is 0.914. The molecule has 1 aromatic carbocycles. The summed E-state index contributed by atoms with van der Waals surface area (Å²) in [4.78, 5) is 10.3. The number of aryl methyl sites for hydroxylation is 1. The first kappa shape index (κ1) is 20.8. The molecule has 0 bridgehead atoms. The van der Waals surface area contributed by atoms with Crippen molar-refractivity contribution in [3.63, 3.8) is 0 Å². The highest BCUT2D eigenvalue weighted by atomic mass is 127. The fourth-order valence-electron chi connectivity index (χ4n) is 2.42. The van der Waals surface area contributed by atoms with Crippen LogP contribution in [0.4, 0.5) is 5.69 Å². The van der Waals surface area contributed by atoms with Crippen molar-refractivity contribution in [2.75, 3.05) is 25.1 Å². The third-order valence-corrected chi connectivity index (χ3v) is 4.80. The van der Waals surface area contributed by atoms with Gasteiger partial charge in [0.2, 0.25) is 0 Å². The molecule has 0 radical (unpaired) electrons. The minimum atomic E-state index is 0. The molecular weight excluding hydrogens is 463 g/mol. The predicted octanol–water partition coefficient (Wildman–Crippen LogP) is 4.06. The number of nitrogens with zero attached hydrogens (tertiary/aromatic N) is 2. The number of ether oxygens (including phenoxy) is 2. The van der Waals surface area contributed by atoms with E-state index in [4.69, 9.17) is 9.47 Å². The summed E-state index contributed by atoms with van der Waals surface area (Å²) < 4.78 is 11.4. The van der Waals surface area contributed by atoms with Crippen LogP contribution in [0.25, 0.3) is 0 Å². The predicted molar refractivity (Wildman–Crippen MR) is 117 cm³/mol. The van der Waals surface area contributed by atoms with Gasteiger partial charge in [0, 0.05) is 35.8 Å². The zero-order valence-corrected chi connectivity index (χ0v) is 18.2. The van der Waals surface area contributed by atoms with E-state index in [0.717, 1.165) is 47.5 Å². The van der Waals surface area contributed by atoms with Gasteiger partial charge < -0.3 is 20.1 Å². The lowest BCUT2D eigenvalue weighted by molar-refractivity contribution is 0.297. The number of hydrogen-bond acceptors (Lipinski definition) is 5. The molecule has 2 aromatic rings. The van der Waals surface area contributed by atoms with Crippen LogP contribution in [0, 0.1) is 0 Å². The van der Waals surface area contributed by atoms with Crippen molar-refractivity contribution in [2.45, 2.75) is 33.2 Å². The molecule has 6 nitrogen and oxygen atoms in total. The Balaban J connectivity index is 0.00000243. The molecule has 2 heterocycles. The number of aliphatic imine (C=N–C) groups is 1. The number of thiazole rings is 1. The molecule has 26 heavy (non-hydrogen) atoms. The first-order valence-corrected chi connectivity index (χ1v) is 9.48. The van der Waals surface area contributed by atoms with Crippen LogP contribution in [0.15, 0.2) is 29.4 Å². The molecule has 0 unspecified atom stereocenters. The Bertz CT molecular complexity index is 736. The van der Waals surface area contributed by atoms with Crippen molar-refractivity contribution in [2.24, 2.45) is 4.99 Å². The molecule has 0 aliphatic carbocycles. The van der Waals surface area contributed by atoms with Crippen LogP contribution in [-0.4, -0.2) is 30.7 Å². The van der Waals surface area contributed by atoms with Gasteiger partial charge >= 0.3 is 0 Å². The zero-order chi connectivity index (χ0) is 17.5. The lowest BCUT2D eigenvalue weighted by atomic mass is 10.3. The van der Waals surface area contributed by atoms with E-state index in [9.17, 15) is 0 Å². The van der Waals surface area contributed by atoms with E-state index < -0.39 is 0 Å². The summed E-state index contributed by atoms with van der Waals surface area (Å²) in [7, 11) is 0. The van der Waals surface area contributed by atoms with Crippen molar-refractivity contribution in [1.82, 2.24) is 10.3 Å². The minimum absolute atomic E-state index is 0. The van der Waals surface area contributed by atoms with Crippen molar-refractivity contribution >= 4 is 47.0 Å². The van der Waals surface area contributed by atoms with E-state index in [1.54, 1.807) is 11.3 Å². The number of nitrogens with one attached hydrogen (secondary N) is 2. The first-order chi connectivity index (χ1) is 12.3. The molecule has 0 saturated heterocycles. The second kappa shape index (κ2) is 10.6. The van der Waals surface area contributed by atoms with Gasteiger partial charge in [0.1, 0.15) is 5.01 Å². The maximum absolute atomic E-state index is 5.74. The lowest BCUT2D eigenvalue weighted by Crippen LogP contribution is -2.30. The van der Waals surface area contributed by atoms with E-state index >= 15 is 0 Å². The average molecular weight is 488 g/mol. The first-order valence-electron chi connectivity index (χ1n) is 8.67. The number of fused-ring (bicyclic) bond motifs is 1. The molecule has 0 fully saturated rings. The van der Waals surface area contributed by atoms with Crippen LogP contribution in [0.2, 0.25) is 0 Å². The van der Waals surface area contributed by atoms with E-state index in [1.165, 1.54) is 4.88 Å². The number of benzene rings is 1. The Morgan fingerprint density at radius 3 is 2.77 bits per heavy atom. The van der Waals surface area contributed by atoms with E-state index in [1.807, 2.05) is 31.3 Å². The molecule has 0 saturated carbocycles. The van der Waals surface area contributed by atoms with Gasteiger partial charge in [-0.3, -0.25) is 0 Å². The number of anilines is 1. The van der Waals surface area contributed by atoms with Crippen LogP contribution in [0.5, 0.6) is 11.5 Å². The fourth-order valence-corrected chi connectivity index (χ4v) is 3.20. The largest absolute Gasteiger partial charge is 0.490 e. The molecule has 1 aromatic heterocycles. The Labute approximate surface area is 175 Å². The Kier molecular flexibility index (Phi) is 8.43. The van der Waals surface area contributed by atoms with Crippen molar-refractivity contribution in [3.8, 4) is 11.5 Å². The SMILES string of the molecule is CCNC(=NCc1ncc(CC)s1)Nc1ccc2c(c1)OCCCO2.I. The Morgan fingerprint density at radius 1 is 1.23 bits per heavy atom. The number of rotatable bonds is 5. The van der Waals surface area contributed by atoms with Gasteiger partial charge in [-0.1, -0.05) is 6.92 Å². The van der Waals surface area contributed by atoms with Gasteiger partial charge in [-0.25, -0.2) is 9.98 Å². The van der Waals surface area contributed by atoms with Gasteiger partial charge in [0.15, 0.2) is 17.5 Å². The fraction of sp³-hybridized carbons (Fsp3) is 0.444. The molecule has 1 aliphatic heterocycles. The van der Waals surface area contributed by atoms with Crippen LogP contribution in [0.1, 0.15) is 30.2 Å². The molecule has 2 N–H and O–H groups in total. The van der Waals surface area contributed by atoms with Crippen LogP contribution in [-0.2, 0) is 13.0 Å². The third kappa shape index (κ3) is 5.73. The summed E-state index contributed by atoms with van der Waals surface area (Å²) in [5.74, 6) is 2.29. The summed E-state index contributed by atoms with van der Waals surface area (Å²) in [6.07, 6.45) is 3.84. The van der Waals surface area contributed by atoms with Crippen LogP contribution < -0.4 is 20.1 Å². The van der Waals surface area contributed by atoms with Crippen molar-refractivity contribution < 1.29 is 9.47 Å². The molecule has 0 atom stereocenters. The Hall–Kier alpha value is -1.55. The van der Waals surface area contributed by atoms with E-state index in [-0.39, 0.29) is 24.0 Å². The molecule has 0 spiro atoms. The van der Waals surface area contributed by atoms with Gasteiger partial charge in [-0.2, -0.15) is 0 Å². The molecule has 8 heteroatoms. The third-order valence-electron chi connectivity index (χ3n) is 3.68. The standard InChI is InChI=1S/C18H24N4O2S.HI/c1-3-14-11-20-17(25-14)12-21-18(19-4-2)22-13-6-7-15-16(10-13)24-9-5-8-23-15;/h6-7,10-11H,3-5,8-9,12H2,1-2H3,(H2,19,21,22);1H. The van der Waals surface area contributed by atoms with Gasteiger partial charge in [0.05, 0.1) is 19.8 Å². The molecule has 142 valence electrons. The minimum Gasteiger partial charge on any atom is -0.490 e. The summed E-state index contributed by atoms with van der Waals surface area (Å²) in [6, 6.07) is 5.85. The molecular formula is C18H25IN4O2S. The average Bonchev–Trinajstić information content (AvgIpc) is 2.96. The summed E-state index contributed by atoms with van der Waals surface area (Å²) in [6.45, 7) is 6.89. The number of aromatic nitrogens is 1. The van der Waals surface area contributed by atoms with Gasteiger partial charge in [-0.05, 0) is 25.5 Å².